The molecule has 0 fully saturated rings. The molecule has 3 aromatic rings. The summed E-state index contributed by atoms with van der Waals surface area (Å²) in [7, 11) is 1.71. The molecule has 50 heavy (non-hydrogen) atoms. The minimum atomic E-state index is -2.55. The van der Waals surface area contributed by atoms with Gasteiger partial charge in [0.25, 0.3) is 0 Å². The van der Waals surface area contributed by atoms with Crippen LogP contribution in [-0.2, 0) is 11.2 Å². The van der Waals surface area contributed by atoms with Gasteiger partial charge in [0.1, 0.15) is 5.60 Å². The maximum absolute atomic E-state index is 13.9. The number of ether oxygens (including phenoxy) is 3. The van der Waals surface area contributed by atoms with Crippen molar-refractivity contribution in [1.82, 2.24) is 0 Å². The van der Waals surface area contributed by atoms with Crippen LogP contribution < -0.4 is 18.0 Å². The molecule has 1 atom stereocenters. The molecule has 0 spiro atoms. The van der Waals surface area contributed by atoms with E-state index in [1.54, 1.807) is 10.7 Å². The Kier molecular flexibility index (Phi) is 12.1. The molecule has 270 valence electrons. The first-order chi connectivity index (χ1) is 23.8. The molecule has 5 rings (SSSR count). The number of allylic oxidation sites excluding steroid dienone is 1. The number of unbranched alkanes of at least 4 members (excludes halogenated alkanes) is 3. The molecular formula is C44H61NO4Sn. The van der Waals surface area contributed by atoms with Gasteiger partial charge in [0.2, 0.25) is 0 Å². The number of hydrogen-bond donors (Lipinski definition) is 0. The number of rotatable bonds is 13. The topological polar surface area (TPSA) is 48.0 Å². The van der Waals surface area contributed by atoms with Crippen LogP contribution in [0.25, 0.3) is 16.7 Å². The van der Waals surface area contributed by atoms with Crippen LogP contribution in [0.5, 0.6) is 11.5 Å². The molecule has 2 heterocycles. The molecule has 2 aliphatic heterocycles. The first kappa shape index (κ1) is 38.3. The average molecular weight is 787 g/mol. The van der Waals surface area contributed by atoms with E-state index in [-0.39, 0.29) is 12.2 Å². The molecule has 5 nitrogen and oxygen atoms in total. The predicted molar refractivity (Wildman–Crippen MR) is 213 cm³/mol. The Bertz CT molecular complexity index is 1660. The van der Waals surface area contributed by atoms with Gasteiger partial charge in [-0.1, -0.05) is 0 Å². The summed E-state index contributed by atoms with van der Waals surface area (Å²) in [5, 5.41) is 0. The van der Waals surface area contributed by atoms with E-state index in [0.717, 1.165) is 51.4 Å². The number of carbonyl (C=O) groups excluding carboxylic acids is 1. The van der Waals surface area contributed by atoms with Crippen LogP contribution in [0, 0.1) is 0 Å². The summed E-state index contributed by atoms with van der Waals surface area (Å²) in [5.41, 5.74) is 6.26. The van der Waals surface area contributed by atoms with E-state index in [2.05, 4.69) is 84.0 Å². The molecule has 0 N–H and O–H groups in total. The fourth-order valence-corrected chi connectivity index (χ4v) is 24.3. The standard InChI is InChI=1S/C32H34NO4.3C4H9.Sn/c1-20-19-32(5,6)33(30(34)37-31(2,3)4)23-17-16-22-28-24(35-7)14-11-15-25(28)36-26(29(22)27(20)23)18-21-12-9-8-10-13-21;3*1-3-4-2;/h9-17,19,26H,18H2,1-7H3;3*1,3-4H2,2H3;. The van der Waals surface area contributed by atoms with Crippen molar-refractivity contribution in [2.24, 2.45) is 0 Å². The van der Waals surface area contributed by atoms with Crippen molar-refractivity contribution in [3.05, 3.63) is 77.4 Å². The Balaban J connectivity index is 1.61. The summed E-state index contributed by atoms with van der Waals surface area (Å²) < 4.78 is 24.9. The van der Waals surface area contributed by atoms with E-state index in [0.29, 0.717) is 0 Å². The van der Waals surface area contributed by atoms with Gasteiger partial charge in [-0.25, -0.2) is 0 Å². The van der Waals surface area contributed by atoms with Gasteiger partial charge in [0, 0.05) is 0 Å². The summed E-state index contributed by atoms with van der Waals surface area (Å²) in [4.78, 5) is 15.7. The summed E-state index contributed by atoms with van der Waals surface area (Å²) in [6.07, 6.45) is 10.2. The van der Waals surface area contributed by atoms with Crippen LogP contribution in [-0.4, -0.2) is 42.7 Å². The van der Waals surface area contributed by atoms with Gasteiger partial charge < -0.3 is 0 Å². The molecule has 0 radical (unpaired) electrons. The van der Waals surface area contributed by atoms with Crippen molar-refractivity contribution < 1.29 is 19.0 Å². The summed E-state index contributed by atoms with van der Waals surface area (Å²) in [6.45, 7) is 19.1. The second-order valence-corrected chi connectivity index (χ2v) is 29.4. The molecular weight excluding hydrogens is 725 g/mol. The third kappa shape index (κ3) is 7.93. The molecule has 0 bridgehead atoms. The van der Waals surface area contributed by atoms with Gasteiger partial charge in [-0.05, 0) is 20.8 Å². The Morgan fingerprint density at radius 2 is 1.50 bits per heavy atom. The Hall–Kier alpha value is -2.93. The summed E-state index contributed by atoms with van der Waals surface area (Å²) in [6, 6.07) is 20.1. The average Bonchev–Trinajstić information content (AvgIpc) is 3.06. The van der Waals surface area contributed by atoms with Crippen LogP contribution in [0.3, 0.4) is 0 Å². The van der Waals surface area contributed by atoms with Crippen molar-refractivity contribution in [3.63, 3.8) is 0 Å². The third-order valence-corrected chi connectivity index (χ3v) is 26.3. The van der Waals surface area contributed by atoms with Crippen molar-refractivity contribution in [2.45, 2.75) is 138 Å². The Labute approximate surface area is 306 Å². The van der Waals surface area contributed by atoms with Crippen molar-refractivity contribution in [2.75, 3.05) is 12.0 Å². The molecule has 1 unspecified atom stereocenters. The zero-order chi connectivity index (χ0) is 36.3. The van der Waals surface area contributed by atoms with Gasteiger partial charge >= 0.3 is 282 Å². The third-order valence-electron chi connectivity index (χ3n) is 10.7. The molecule has 0 aromatic heterocycles. The predicted octanol–water partition coefficient (Wildman–Crippen LogP) is 12.0. The van der Waals surface area contributed by atoms with Gasteiger partial charge in [-0.3, -0.25) is 0 Å². The number of carbonyl (C=O) groups is 1. The van der Waals surface area contributed by atoms with E-state index in [4.69, 9.17) is 14.2 Å². The van der Waals surface area contributed by atoms with Crippen LogP contribution in [0.2, 0.25) is 13.3 Å². The van der Waals surface area contributed by atoms with E-state index in [1.165, 1.54) is 57.4 Å². The van der Waals surface area contributed by atoms with E-state index in [1.807, 2.05) is 43.9 Å². The summed E-state index contributed by atoms with van der Waals surface area (Å²) in [5.74, 6) is 1.61. The van der Waals surface area contributed by atoms with Gasteiger partial charge in [0.15, 0.2) is 0 Å². The first-order valence-electron chi connectivity index (χ1n) is 19.1. The van der Waals surface area contributed by atoms with Crippen LogP contribution >= 0.6 is 0 Å². The summed E-state index contributed by atoms with van der Waals surface area (Å²) >= 11 is -2.55. The molecule has 0 saturated carbocycles. The SMILES string of the molecule is CCC[CH2][Sn]([CH2]CCC)([CH2]CCC)[c]1ccc(CC2Oc3cccc(OC)c3-c3ccc4c(c32)C(C)=CC(C)(C)N4C(=O)OC(C)(C)C)cc1. The first-order valence-corrected chi connectivity index (χ1v) is 26.6. The van der Waals surface area contributed by atoms with Gasteiger partial charge in [-0.2, -0.15) is 0 Å². The minimum absolute atomic E-state index is 0.246. The number of benzene rings is 3. The number of amides is 1. The van der Waals surface area contributed by atoms with Gasteiger partial charge in [0.05, 0.1) is 0 Å². The van der Waals surface area contributed by atoms with Crippen molar-refractivity contribution in [1.29, 1.82) is 0 Å². The fraction of sp³-hybridized carbons (Fsp3) is 0.523. The monoisotopic (exact) mass is 787 g/mol. The van der Waals surface area contributed by atoms with E-state index in [9.17, 15) is 4.79 Å². The normalized spacial score (nSPS) is 16.5. The van der Waals surface area contributed by atoms with Gasteiger partial charge in [-0.15, -0.1) is 0 Å². The second-order valence-electron chi connectivity index (χ2n) is 16.1. The molecule has 0 aliphatic carbocycles. The fourth-order valence-electron chi connectivity index (χ4n) is 8.34. The van der Waals surface area contributed by atoms with E-state index < -0.39 is 29.5 Å². The maximum atomic E-state index is 13.9. The molecule has 6 heteroatoms. The van der Waals surface area contributed by atoms with E-state index >= 15 is 0 Å². The Morgan fingerprint density at radius 1 is 0.880 bits per heavy atom. The molecule has 1 amide bonds. The van der Waals surface area contributed by atoms with Crippen LogP contribution in [0.15, 0.2) is 60.7 Å². The molecule has 2 aliphatic rings. The number of hydrogen-bond acceptors (Lipinski definition) is 4. The molecule has 3 aromatic carbocycles. The number of fused-ring (bicyclic) bond motifs is 5. The van der Waals surface area contributed by atoms with Crippen LogP contribution in [0.4, 0.5) is 10.5 Å². The van der Waals surface area contributed by atoms with Crippen LogP contribution in [0.1, 0.15) is 124 Å². The van der Waals surface area contributed by atoms with Crippen molar-refractivity contribution >= 4 is 39.3 Å². The molecule has 0 saturated heterocycles. The number of nitrogens with zero attached hydrogens (tertiary/aromatic N) is 1. The number of methoxy groups -OCH3 is 1. The van der Waals surface area contributed by atoms with Crippen molar-refractivity contribution in [3.8, 4) is 22.6 Å². The number of anilines is 1. The quantitative estimate of drug-likeness (QED) is 0.162. The zero-order valence-corrected chi connectivity index (χ0v) is 35.4. The second kappa shape index (κ2) is 15.8. The Morgan fingerprint density at radius 3 is 2.06 bits per heavy atom. The zero-order valence-electron chi connectivity index (χ0n) is 32.5.